The van der Waals surface area contributed by atoms with Crippen LogP contribution in [-0.4, -0.2) is 46.6 Å². The van der Waals surface area contributed by atoms with Crippen molar-refractivity contribution in [1.29, 1.82) is 0 Å². The second kappa shape index (κ2) is 10.2. The van der Waals surface area contributed by atoms with Gasteiger partial charge in [-0.1, -0.05) is 11.6 Å². The van der Waals surface area contributed by atoms with Crippen molar-refractivity contribution in [2.24, 2.45) is 0 Å². The van der Waals surface area contributed by atoms with Crippen LogP contribution >= 0.6 is 11.6 Å². The third-order valence-electron chi connectivity index (χ3n) is 3.86. The fourth-order valence-corrected chi connectivity index (χ4v) is 3.71. The van der Waals surface area contributed by atoms with Gasteiger partial charge >= 0.3 is 12.1 Å². The number of nitrogens with zero attached hydrogens (tertiary/aromatic N) is 1. The molecule has 0 saturated heterocycles. The van der Waals surface area contributed by atoms with Crippen LogP contribution in [0.3, 0.4) is 0 Å². The number of hydrogen-bond donors (Lipinski definition) is 1. The summed E-state index contributed by atoms with van der Waals surface area (Å²) in [5, 5.41) is 1.72. The van der Waals surface area contributed by atoms with Crippen molar-refractivity contribution >= 4 is 45.3 Å². The first-order valence-electron chi connectivity index (χ1n) is 8.74. The van der Waals surface area contributed by atoms with Gasteiger partial charge in [-0.15, -0.1) is 0 Å². The molecule has 166 valence electrons. The monoisotopic (exact) mass is 472 g/mol. The molecule has 0 bridgehead atoms. The molecule has 0 saturated carbocycles. The standard InChI is InChI=1S/C19H18ClFN2O7S/c1-3-29-19(26)22-17(24)11-30-18(25)15-10-14(8-9-16(15)20)31(27,28)23(2)13-6-4-12(21)5-7-13/h4-10H,3,11H2,1-2H3,(H,22,24,26). The summed E-state index contributed by atoms with van der Waals surface area (Å²) in [6.07, 6.45) is -1.00. The number of imide groups is 1. The molecular weight excluding hydrogens is 455 g/mol. The van der Waals surface area contributed by atoms with E-state index in [-0.39, 0.29) is 27.8 Å². The highest BCUT2D eigenvalue weighted by atomic mass is 35.5. The average molecular weight is 473 g/mol. The minimum absolute atomic E-state index is 0.0438. The van der Waals surface area contributed by atoms with Crippen LogP contribution < -0.4 is 9.62 Å². The number of alkyl carbamates (subject to hydrolysis) is 1. The summed E-state index contributed by atoms with van der Waals surface area (Å²) >= 11 is 5.97. The van der Waals surface area contributed by atoms with Gasteiger partial charge in [-0.25, -0.2) is 22.4 Å². The molecule has 12 heteroatoms. The molecule has 0 aliphatic rings. The normalized spacial score (nSPS) is 10.8. The maximum absolute atomic E-state index is 13.1. The van der Waals surface area contributed by atoms with Crippen LogP contribution in [0, 0.1) is 5.82 Å². The van der Waals surface area contributed by atoms with Crippen LogP contribution in [0.1, 0.15) is 17.3 Å². The zero-order valence-corrected chi connectivity index (χ0v) is 18.0. The predicted molar refractivity (Wildman–Crippen MR) is 109 cm³/mol. The Morgan fingerprint density at radius 1 is 1.10 bits per heavy atom. The molecule has 0 unspecified atom stereocenters. The number of benzene rings is 2. The lowest BCUT2D eigenvalue weighted by molar-refractivity contribution is -0.123. The lowest BCUT2D eigenvalue weighted by atomic mass is 10.2. The molecule has 9 nitrogen and oxygen atoms in total. The van der Waals surface area contributed by atoms with Gasteiger partial charge in [0.05, 0.1) is 27.8 Å². The van der Waals surface area contributed by atoms with E-state index in [0.717, 1.165) is 22.5 Å². The fourth-order valence-electron chi connectivity index (χ4n) is 2.30. The van der Waals surface area contributed by atoms with Crippen LogP contribution in [-0.2, 0) is 24.3 Å². The molecule has 2 aromatic rings. The first kappa shape index (κ1) is 24.1. The van der Waals surface area contributed by atoms with Crippen molar-refractivity contribution < 1.29 is 36.7 Å². The molecule has 0 heterocycles. The van der Waals surface area contributed by atoms with Crippen molar-refractivity contribution in [3.05, 3.63) is 58.9 Å². The number of sulfonamides is 1. The Bertz CT molecular complexity index is 1090. The molecule has 2 rings (SSSR count). The Morgan fingerprint density at radius 2 is 1.74 bits per heavy atom. The number of amides is 2. The van der Waals surface area contributed by atoms with E-state index in [1.807, 2.05) is 5.32 Å². The fraction of sp³-hybridized carbons (Fsp3) is 0.211. The Kier molecular flexibility index (Phi) is 7.95. The number of anilines is 1. The minimum Gasteiger partial charge on any atom is -0.452 e. The van der Waals surface area contributed by atoms with Gasteiger partial charge in [-0.3, -0.25) is 14.4 Å². The minimum atomic E-state index is -4.13. The van der Waals surface area contributed by atoms with Gasteiger partial charge in [0.1, 0.15) is 5.82 Å². The Hall–Kier alpha value is -3.18. The Morgan fingerprint density at radius 3 is 2.35 bits per heavy atom. The van der Waals surface area contributed by atoms with Gasteiger partial charge in [0.15, 0.2) is 6.61 Å². The average Bonchev–Trinajstić information content (AvgIpc) is 2.72. The molecule has 0 aliphatic heterocycles. The van der Waals surface area contributed by atoms with Crippen molar-refractivity contribution in [3.8, 4) is 0 Å². The number of ether oxygens (including phenoxy) is 2. The van der Waals surface area contributed by atoms with Gasteiger partial charge in [0.2, 0.25) is 0 Å². The summed E-state index contributed by atoms with van der Waals surface area (Å²) < 4.78 is 49.1. The first-order valence-corrected chi connectivity index (χ1v) is 10.6. The van der Waals surface area contributed by atoms with E-state index in [1.54, 1.807) is 6.92 Å². The Labute approximate surface area is 182 Å². The van der Waals surface area contributed by atoms with Gasteiger partial charge in [0, 0.05) is 7.05 Å². The van der Waals surface area contributed by atoms with E-state index < -0.39 is 40.4 Å². The van der Waals surface area contributed by atoms with Gasteiger partial charge in [0.25, 0.3) is 15.9 Å². The van der Waals surface area contributed by atoms with E-state index in [4.69, 9.17) is 16.3 Å². The van der Waals surface area contributed by atoms with Crippen molar-refractivity contribution in [2.75, 3.05) is 24.6 Å². The van der Waals surface area contributed by atoms with Crippen LogP contribution in [0.5, 0.6) is 0 Å². The number of carbonyl (C=O) groups is 3. The third kappa shape index (κ3) is 6.15. The highest BCUT2D eigenvalue weighted by Crippen LogP contribution is 2.26. The number of halogens is 2. The van der Waals surface area contributed by atoms with Crippen molar-refractivity contribution in [1.82, 2.24) is 5.32 Å². The molecule has 31 heavy (non-hydrogen) atoms. The molecule has 2 amide bonds. The SMILES string of the molecule is CCOC(=O)NC(=O)COC(=O)c1cc(S(=O)(=O)N(C)c2ccc(F)cc2)ccc1Cl. The summed E-state index contributed by atoms with van der Waals surface area (Å²) in [5.74, 6) is -2.55. The van der Waals surface area contributed by atoms with Crippen molar-refractivity contribution in [2.45, 2.75) is 11.8 Å². The lowest BCUT2D eigenvalue weighted by Gasteiger charge is -2.20. The maximum atomic E-state index is 13.1. The molecular formula is C19H18ClFN2O7S. The molecule has 0 radical (unpaired) electrons. The molecule has 0 atom stereocenters. The largest absolute Gasteiger partial charge is 0.452 e. The van der Waals surface area contributed by atoms with E-state index >= 15 is 0 Å². The quantitative estimate of drug-likeness (QED) is 0.615. The molecule has 0 spiro atoms. The lowest BCUT2D eigenvalue weighted by Crippen LogP contribution is -2.34. The zero-order valence-electron chi connectivity index (χ0n) is 16.4. The van der Waals surface area contributed by atoms with Gasteiger partial charge in [-0.2, -0.15) is 0 Å². The van der Waals surface area contributed by atoms with E-state index in [0.29, 0.717) is 0 Å². The summed E-state index contributed by atoms with van der Waals surface area (Å²) in [5.41, 5.74) is -0.115. The van der Waals surface area contributed by atoms with Crippen LogP contribution in [0.15, 0.2) is 47.4 Å². The van der Waals surface area contributed by atoms with E-state index in [9.17, 15) is 27.2 Å². The Balaban J connectivity index is 2.18. The summed E-state index contributed by atoms with van der Waals surface area (Å²) in [7, 11) is -2.87. The second-order valence-corrected chi connectivity index (χ2v) is 8.31. The van der Waals surface area contributed by atoms with Crippen LogP contribution in [0.2, 0.25) is 5.02 Å². The second-order valence-electron chi connectivity index (χ2n) is 5.94. The summed E-state index contributed by atoms with van der Waals surface area (Å²) in [6.45, 7) is 0.767. The number of hydrogen-bond acceptors (Lipinski definition) is 7. The first-order chi connectivity index (χ1) is 14.6. The number of rotatable bonds is 7. The van der Waals surface area contributed by atoms with E-state index in [2.05, 4.69) is 4.74 Å². The number of carbonyl (C=O) groups excluding carboxylic acids is 3. The van der Waals surface area contributed by atoms with Crippen LogP contribution in [0.25, 0.3) is 0 Å². The summed E-state index contributed by atoms with van der Waals surface area (Å²) in [6, 6.07) is 8.12. The summed E-state index contributed by atoms with van der Waals surface area (Å²) in [4.78, 5) is 34.8. The van der Waals surface area contributed by atoms with E-state index in [1.165, 1.54) is 31.3 Å². The zero-order chi connectivity index (χ0) is 23.2. The molecule has 0 fully saturated rings. The maximum Gasteiger partial charge on any atom is 0.413 e. The van der Waals surface area contributed by atoms with Gasteiger partial charge < -0.3 is 9.47 Å². The number of nitrogens with one attached hydrogen (secondary N) is 1. The topological polar surface area (TPSA) is 119 Å². The highest BCUT2D eigenvalue weighted by Gasteiger charge is 2.24. The van der Waals surface area contributed by atoms with Crippen molar-refractivity contribution in [3.63, 3.8) is 0 Å². The van der Waals surface area contributed by atoms with Gasteiger partial charge in [-0.05, 0) is 49.4 Å². The molecule has 0 aromatic heterocycles. The van der Waals surface area contributed by atoms with Crippen LogP contribution in [0.4, 0.5) is 14.9 Å². The smallest absolute Gasteiger partial charge is 0.413 e. The highest BCUT2D eigenvalue weighted by molar-refractivity contribution is 7.92. The molecule has 0 aliphatic carbocycles. The molecule has 2 aromatic carbocycles. The predicted octanol–water partition coefficient (Wildman–Crippen LogP) is 2.73. The third-order valence-corrected chi connectivity index (χ3v) is 5.97. The molecule has 1 N–H and O–H groups in total. The number of esters is 1.